The third kappa shape index (κ3) is 4.38. The quantitative estimate of drug-likeness (QED) is 0.732. The highest BCUT2D eigenvalue weighted by atomic mass is 35.5. The molecule has 1 saturated heterocycles. The Morgan fingerprint density at radius 1 is 1.23 bits per heavy atom. The summed E-state index contributed by atoms with van der Waals surface area (Å²) in [6.07, 6.45) is 0. The molecule has 0 saturated carbocycles. The molecule has 8 heteroatoms. The van der Waals surface area contributed by atoms with Crippen LogP contribution in [0, 0.1) is 0 Å². The van der Waals surface area contributed by atoms with Crippen molar-refractivity contribution in [3.8, 4) is 11.5 Å². The fourth-order valence-corrected chi connectivity index (χ4v) is 4.11. The predicted molar refractivity (Wildman–Crippen MR) is 104 cm³/mol. The van der Waals surface area contributed by atoms with Crippen molar-refractivity contribution < 1.29 is 19.4 Å². The van der Waals surface area contributed by atoms with Crippen molar-refractivity contribution in [3.63, 3.8) is 0 Å². The molecule has 2 aromatic carbocycles. The van der Waals surface area contributed by atoms with E-state index in [0.29, 0.717) is 33.9 Å². The summed E-state index contributed by atoms with van der Waals surface area (Å²) in [5.74, 6) is 0.860. The Kier molecular flexibility index (Phi) is 6.19. The summed E-state index contributed by atoms with van der Waals surface area (Å²) >= 11 is 13.5. The van der Waals surface area contributed by atoms with Gasteiger partial charge < -0.3 is 14.6 Å². The van der Waals surface area contributed by atoms with E-state index in [9.17, 15) is 4.79 Å². The zero-order chi connectivity index (χ0) is 18.7. The van der Waals surface area contributed by atoms with E-state index < -0.39 is 12.0 Å². The Bertz CT molecular complexity index is 818. The number of benzene rings is 2. The van der Waals surface area contributed by atoms with Crippen LogP contribution in [0.1, 0.15) is 16.5 Å². The molecule has 0 aliphatic carbocycles. The summed E-state index contributed by atoms with van der Waals surface area (Å²) in [4.78, 5) is 11.1. The molecule has 26 heavy (non-hydrogen) atoms. The molecule has 1 aliphatic heterocycles. The molecule has 2 unspecified atom stereocenters. The number of rotatable bonds is 6. The van der Waals surface area contributed by atoms with Gasteiger partial charge in [0, 0.05) is 5.75 Å². The summed E-state index contributed by atoms with van der Waals surface area (Å²) < 4.78 is 11.3. The van der Waals surface area contributed by atoms with Crippen molar-refractivity contribution in [1.29, 1.82) is 0 Å². The number of carboxylic acids is 1. The molecule has 1 heterocycles. The largest absolute Gasteiger partial charge is 0.493 e. The van der Waals surface area contributed by atoms with E-state index in [1.54, 1.807) is 31.0 Å². The zero-order valence-corrected chi connectivity index (χ0v) is 16.2. The Labute approximate surface area is 165 Å². The van der Waals surface area contributed by atoms with Crippen molar-refractivity contribution in [1.82, 2.24) is 5.32 Å². The SMILES string of the molecule is COc1ccc(C2NC(C(=O)O)CS2)cc1OCc1ccc(Cl)c(Cl)c1. The normalized spacial score (nSPS) is 19.3. The molecule has 0 amide bonds. The minimum absolute atomic E-state index is 0.102. The van der Waals surface area contributed by atoms with Crippen LogP contribution in [0.25, 0.3) is 0 Å². The van der Waals surface area contributed by atoms with Gasteiger partial charge in [0.1, 0.15) is 12.6 Å². The third-order valence-electron chi connectivity index (χ3n) is 3.95. The van der Waals surface area contributed by atoms with Gasteiger partial charge in [-0.3, -0.25) is 10.1 Å². The number of carbonyl (C=O) groups is 1. The van der Waals surface area contributed by atoms with E-state index in [2.05, 4.69) is 5.32 Å². The smallest absolute Gasteiger partial charge is 0.321 e. The van der Waals surface area contributed by atoms with Crippen LogP contribution in [0.2, 0.25) is 10.0 Å². The van der Waals surface area contributed by atoms with Crippen LogP contribution in [0.3, 0.4) is 0 Å². The number of hydrogen-bond donors (Lipinski definition) is 2. The Balaban J connectivity index is 1.75. The lowest BCUT2D eigenvalue weighted by molar-refractivity contribution is -0.138. The number of aliphatic carboxylic acids is 1. The molecule has 138 valence electrons. The molecule has 0 bridgehead atoms. The number of halogens is 2. The second kappa shape index (κ2) is 8.39. The first-order valence-corrected chi connectivity index (χ1v) is 9.63. The Morgan fingerprint density at radius 3 is 2.69 bits per heavy atom. The average molecular weight is 414 g/mol. The minimum Gasteiger partial charge on any atom is -0.493 e. The molecule has 1 fully saturated rings. The standard InChI is InChI=1S/C18H17Cl2NO4S/c1-24-15-5-3-11(17-21-14(9-26-17)18(22)23)7-16(15)25-8-10-2-4-12(19)13(20)6-10/h2-7,14,17,21H,8-9H2,1H3,(H,22,23). The summed E-state index contributed by atoms with van der Waals surface area (Å²) in [5.41, 5.74) is 1.81. The zero-order valence-electron chi connectivity index (χ0n) is 13.9. The van der Waals surface area contributed by atoms with Gasteiger partial charge in [0.25, 0.3) is 0 Å². The van der Waals surface area contributed by atoms with Crippen LogP contribution < -0.4 is 14.8 Å². The van der Waals surface area contributed by atoms with E-state index >= 15 is 0 Å². The fourth-order valence-electron chi connectivity index (χ4n) is 2.57. The molecule has 3 rings (SSSR count). The first kappa shape index (κ1) is 19.2. The molecule has 0 spiro atoms. The molecular weight excluding hydrogens is 397 g/mol. The van der Waals surface area contributed by atoms with E-state index in [1.807, 2.05) is 24.3 Å². The maximum Gasteiger partial charge on any atom is 0.321 e. The van der Waals surface area contributed by atoms with Gasteiger partial charge in [-0.25, -0.2) is 0 Å². The van der Waals surface area contributed by atoms with Crippen LogP contribution in [-0.4, -0.2) is 30.0 Å². The minimum atomic E-state index is -0.843. The second-order valence-corrected chi connectivity index (χ2v) is 7.67. The number of nitrogens with one attached hydrogen (secondary N) is 1. The third-order valence-corrected chi connectivity index (χ3v) is 5.96. The summed E-state index contributed by atoms with van der Waals surface area (Å²) in [7, 11) is 1.57. The Hall–Kier alpha value is -1.60. The number of hydrogen-bond acceptors (Lipinski definition) is 5. The first-order chi connectivity index (χ1) is 12.5. The van der Waals surface area contributed by atoms with Crippen molar-refractivity contribution in [2.45, 2.75) is 18.0 Å². The second-order valence-electron chi connectivity index (χ2n) is 5.72. The van der Waals surface area contributed by atoms with Gasteiger partial charge >= 0.3 is 5.97 Å². The van der Waals surface area contributed by atoms with Crippen LogP contribution in [0.5, 0.6) is 11.5 Å². The van der Waals surface area contributed by atoms with Crippen LogP contribution in [0.4, 0.5) is 0 Å². The van der Waals surface area contributed by atoms with E-state index in [4.69, 9.17) is 37.8 Å². The lowest BCUT2D eigenvalue weighted by Crippen LogP contribution is -2.33. The van der Waals surface area contributed by atoms with Gasteiger partial charge in [-0.05, 0) is 35.4 Å². The number of ether oxygens (including phenoxy) is 2. The Morgan fingerprint density at radius 2 is 2.04 bits per heavy atom. The summed E-state index contributed by atoms with van der Waals surface area (Å²) in [6.45, 7) is 0.305. The average Bonchev–Trinajstić information content (AvgIpc) is 3.13. The highest BCUT2D eigenvalue weighted by Gasteiger charge is 2.30. The monoisotopic (exact) mass is 413 g/mol. The van der Waals surface area contributed by atoms with Crippen LogP contribution in [-0.2, 0) is 11.4 Å². The molecule has 1 aliphatic rings. The van der Waals surface area contributed by atoms with Gasteiger partial charge in [0.15, 0.2) is 11.5 Å². The van der Waals surface area contributed by atoms with Crippen molar-refractivity contribution in [3.05, 3.63) is 57.6 Å². The lowest BCUT2D eigenvalue weighted by atomic mass is 10.2. The van der Waals surface area contributed by atoms with Crippen LogP contribution in [0.15, 0.2) is 36.4 Å². The molecule has 2 N–H and O–H groups in total. The highest BCUT2D eigenvalue weighted by molar-refractivity contribution is 7.99. The fraction of sp³-hybridized carbons (Fsp3) is 0.278. The highest BCUT2D eigenvalue weighted by Crippen LogP contribution is 2.37. The molecular formula is C18H17Cl2NO4S. The van der Waals surface area contributed by atoms with E-state index in [0.717, 1.165) is 11.1 Å². The maximum absolute atomic E-state index is 11.1. The predicted octanol–water partition coefficient (Wildman–Crippen LogP) is 4.37. The summed E-state index contributed by atoms with van der Waals surface area (Å²) in [6, 6.07) is 10.4. The molecule has 0 aromatic heterocycles. The maximum atomic E-state index is 11.1. The van der Waals surface area contributed by atoms with Gasteiger partial charge in [0.05, 0.1) is 22.5 Å². The van der Waals surface area contributed by atoms with E-state index in [-0.39, 0.29) is 5.37 Å². The molecule has 2 aromatic rings. The summed E-state index contributed by atoms with van der Waals surface area (Å²) in [5, 5.41) is 13.1. The van der Waals surface area contributed by atoms with Crippen molar-refractivity contribution >= 4 is 40.9 Å². The van der Waals surface area contributed by atoms with Gasteiger partial charge in [-0.2, -0.15) is 0 Å². The van der Waals surface area contributed by atoms with Gasteiger partial charge in [0.2, 0.25) is 0 Å². The van der Waals surface area contributed by atoms with Crippen molar-refractivity contribution in [2.24, 2.45) is 0 Å². The number of thioether (sulfide) groups is 1. The van der Waals surface area contributed by atoms with Gasteiger partial charge in [-0.15, -0.1) is 11.8 Å². The lowest BCUT2D eigenvalue weighted by Gasteiger charge is -2.16. The topological polar surface area (TPSA) is 67.8 Å². The van der Waals surface area contributed by atoms with Crippen LogP contribution >= 0.6 is 35.0 Å². The first-order valence-electron chi connectivity index (χ1n) is 7.83. The molecule has 5 nitrogen and oxygen atoms in total. The van der Waals surface area contributed by atoms with Gasteiger partial charge in [-0.1, -0.05) is 35.3 Å². The molecule has 2 atom stereocenters. The number of carboxylic acid groups (broad SMARTS) is 1. The molecule has 0 radical (unpaired) electrons. The number of methoxy groups -OCH3 is 1. The van der Waals surface area contributed by atoms with Crippen molar-refractivity contribution in [2.75, 3.05) is 12.9 Å². The van der Waals surface area contributed by atoms with E-state index in [1.165, 1.54) is 0 Å².